The van der Waals surface area contributed by atoms with Crippen molar-refractivity contribution in [2.45, 2.75) is 45.3 Å². The number of β-amino-alcohol motifs (C(OH)–C–C–N with tert-alkyl or cyclic N) is 1. The predicted molar refractivity (Wildman–Crippen MR) is 66.6 cm³/mol. The summed E-state index contributed by atoms with van der Waals surface area (Å²) >= 11 is 0. The van der Waals surface area contributed by atoms with Gasteiger partial charge in [-0.25, -0.2) is 0 Å². The highest BCUT2D eigenvalue weighted by Gasteiger charge is 2.53. The Kier molecular flexibility index (Phi) is 3.46. The fourth-order valence-electron chi connectivity index (χ4n) is 2.77. The van der Waals surface area contributed by atoms with Gasteiger partial charge in [-0.2, -0.15) is 0 Å². The van der Waals surface area contributed by atoms with Gasteiger partial charge < -0.3 is 10.0 Å². The summed E-state index contributed by atoms with van der Waals surface area (Å²) < 4.78 is 0. The van der Waals surface area contributed by atoms with Crippen molar-refractivity contribution in [2.24, 2.45) is 5.92 Å². The zero-order valence-corrected chi connectivity index (χ0v) is 11.1. The number of amides is 1. The summed E-state index contributed by atoms with van der Waals surface area (Å²) in [5.41, 5.74) is -0.488. The number of hydrogen-bond acceptors (Lipinski definition) is 3. The van der Waals surface area contributed by atoms with Crippen LogP contribution in [0.2, 0.25) is 0 Å². The van der Waals surface area contributed by atoms with Gasteiger partial charge >= 0.3 is 0 Å². The van der Waals surface area contributed by atoms with Crippen LogP contribution in [0.25, 0.3) is 0 Å². The van der Waals surface area contributed by atoms with Crippen molar-refractivity contribution in [2.75, 3.05) is 26.2 Å². The van der Waals surface area contributed by atoms with E-state index < -0.39 is 5.60 Å². The molecule has 2 rings (SSSR count). The number of rotatable bonds is 5. The molecule has 4 nitrogen and oxygen atoms in total. The number of nitrogens with zero attached hydrogens (tertiary/aromatic N) is 2. The van der Waals surface area contributed by atoms with Gasteiger partial charge in [-0.15, -0.1) is 0 Å². The molecule has 1 saturated carbocycles. The van der Waals surface area contributed by atoms with Crippen molar-refractivity contribution in [1.29, 1.82) is 0 Å². The maximum absolute atomic E-state index is 12.1. The summed E-state index contributed by atoms with van der Waals surface area (Å²) in [6, 6.07) is -0.0890. The van der Waals surface area contributed by atoms with Crippen LogP contribution >= 0.6 is 0 Å². The summed E-state index contributed by atoms with van der Waals surface area (Å²) in [6.45, 7) is 8.83. The molecule has 2 fully saturated rings. The molecule has 0 aromatic heterocycles. The Morgan fingerprint density at radius 2 is 1.94 bits per heavy atom. The molecule has 2 aliphatic rings. The van der Waals surface area contributed by atoms with Crippen molar-refractivity contribution in [3.8, 4) is 0 Å². The molecule has 98 valence electrons. The zero-order chi connectivity index (χ0) is 12.6. The van der Waals surface area contributed by atoms with E-state index in [1.165, 1.54) is 0 Å². The van der Waals surface area contributed by atoms with E-state index >= 15 is 0 Å². The fraction of sp³-hybridized carbons (Fsp3) is 0.923. The third kappa shape index (κ3) is 2.33. The Balaban J connectivity index is 1.85. The first kappa shape index (κ1) is 12.8. The molecular formula is C13H24N2O2. The highest BCUT2D eigenvalue weighted by molar-refractivity contribution is 5.81. The van der Waals surface area contributed by atoms with E-state index in [1.807, 2.05) is 25.7 Å². The van der Waals surface area contributed by atoms with E-state index in [1.54, 1.807) is 0 Å². The van der Waals surface area contributed by atoms with Crippen molar-refractivity contribution in [3.05, 3.63) is 0 Å². The summed E-state index contributed by atoms with van der Waals surface area (Å²) in [4.78, 5) is 16.1. The van der Waals surface area contributed by atoms with Gasteiger partial charge in [0.2, 0.25) is 5.91 Å². The summed E-state index contributed by atoms with van der Waals surface area (Å²) in [7, 11) is 0. The molecule has 0 radical (unpaired) electrons. The van der Waals surface area contributed by atoms with Gasteiger partial charge in [0.15, 0.2) is 0 Å². The molecule has 0 bridgehead atoms. The number of aliphatic hydroxyl groups is 1. The lowest BCUT2D eigenvalue weighted by Crippen LogP contribution is -2.67. The Morgan fingerprint density at radius 1 is 1.41 bits per heavy atom. The topological polar surface area (TPSA) is 43.8 Å². The van der Waals surface area contributed by atoms with Gasteiger partial charge in [-0.05, 0) is 39.5 Å². The van der Waals surface area contributed by atoms with E-state index in [0.29, 0.717) is 19.0 Å². The van der Waals surface area contributed by atoms with Crippen molar-refractivity contribution in [3.63, 3.8) is 0 Å². The molecule has 1 N–H and O–H groups in total. The molecule has 0 aromatic rings. The Hall–Kier alpha value is -0.610. The van der Waals surface area contributed by atoms with Crippen LogP contribution in [-0.2, 0) is 4.79 Å². The molecule has 1 unspecified atom stereocenters. The molecule has 1 amide bonds. The minimum absolute atomic E-state index is 0.0890. The first-order chi connectivity index (χ1) is 8.01. The van der Waals surface area contributed by atoms with E-state index in [2.05, 4.69) is 4.90 Å². The normalized spacial score (nSPS) is 25.2. The first-order valence-corrected chi connectivity index (χ1v) is 6.77. The van der Waals surface area contributed by atoms with E-state index in [-0.39, 0.29) is 11.9 Å². The first-order valence-electron chi connectivity index (χ1n) is 6.77. The lowest BCUT2D eigenvalue weighted by Gasteiger charge is -2.49. The smallest absolute Gasteiger partial charge is 0.239 e. The number of hydrogen-bond donors (Lipinski definition) is 1. The minimum atomic E-state index is -0.488. The molecule has 1 aliphatic heterocycles. The molecule has 0 aromatic carbocycles. The SMILES string of the molecule is CCN(CC)C(=O)C(C)N1CC(O)(C2CC2)C1. The lowest BCUT2D eigenvalue weighted by molar-refractivity contribution is -0.154. The number of likely N-dealkylation sites (N-methyl/N-ethyl adjacent to an activating group) is 1. The lowest BCUT2D eigenvalue weighted by atomic mass is 9.87. The zero-order valence-electron chi connectivity index (χ0n) is 11.1. The third-order valence-corrected chi connectivity index (χ3v) is 4.27. The predicted octanol–water partition coefficient (Wildman–Crippen LogP) is 0.700. The van der Waals surface area contributed by atoms with Crippen LogP contribution < -0.4 is 0 Å². The second kappa shape index (κ2) is 4.58. The van der Waals surface area contributed by atoms with Gasteiger partial charge in [0, 0.05) is 26.2 Å². The van der Waals surface area contributed by atoms with E-state index in [9.17, 15) is 9.90 Å². The maximum atomic E-state index is 12.1. The van der Waals surface area contributed by atoms with Crippen LogP contribution in [0.15, 0.2) is 0 Å². The molecule has 0 spiro atoms. The molecule has 1 atom stereocenters. The molecule has 1 heterocycles. The Labute approximate surface area is 104 Å². The monoisotopic (exact) mass is 240 g/mol. The summed E-state index contributed by atoms with van der Waals surface area (Å²) in [5, 5.41) is 10.2. The van der Waals surface area contributed by atoms with Crippen LogP contribution in [0.3, 0.4) is 0 Å². The van der Waals surface area contributed by atoms with Gasteiger partial charge in [-0.3, -0.25) is 9.69 Å². The quantitative estimate of drug-likeness (QED) is 0.769. The van der Waals surface area contributed by atoms with Crippen LogP contribution in [0.5, 0.6) is 0 Å². The van der Waals surface area contributed by atoms with E-state index in [0.717, 1.165) is 25.9 Å². The highest BCUT2D eigenvalue weighted by Crippen LogP contribution is 2.45. The van der Waals surface area contributed by atoms with Crippen molar-refractivity contribution >= 4 is 5.91 Å². The van der Waals surface area contributed by atoms with E-state index in [4.69, 9.17) is 0 Å². The van der Waals surface area contributed by atoms with Crippen LogP contribution in [0, 0.1) is 5.92 Å². The molecule has 1 saturated heterocycles. The largest absolute Gasteiger partial charge is 0.387 e. The second-order valence-electron chi connectivity index (χ2n) is 5.47. The molecule has 4 heteroatoms. The van der Waals surface area contributed by atoms with Gasteiger partial charge in [-0.1, -0.05) is 0 Å². The van der Waals surface area contributed by atoms with Crippen LogP contribution in [-0.4, -0.2) is 58.6 Å². The average molecular weight is 240 g/mol. The van der Waals surface area contributed by atoms with Gasteiger partial charge in [0.05, 0.1) is 11.6 Å². The van der Waals surface area contributed by atoms with Gasteiger partial charge in [0.25, 0.3) is 0 Å². The summed E-state index contributed by atoms with van der Waals surface area (Å²) in [6.07, 6.45) is 2.31. The average Bonchev–Trinajstić information content (AvgIpc) is 3.09. The van der Waals surface area contributed by atoms with Crippen molar-refractivity contribution in [1.82, 2.24) is 9.80 Å². The van der Waals surface area contributed by atoms with Crippen molar-refractivity contribution < 1.29 is 9.90 Å². The molecule has 17 heavy (non-hydrogen) atoms. The minimum Gasteiger partial charge on any atom is -0.387 e. The maximum Gasteiger partial charge on any atom is 0.239 e. The second-order valence-corrected chi connectivity index (χ2v) is 5.47. The Morgan fingerprint density at radius 3 is 2.35 bits per heavy atom. The van der Waals surface area contributed by atoms with Gasteiger partial charge in [0.1, 0.15) is 0 Å². The number of carbonyl (C=O) groups excluding carboxylic acids is 1. The number of likely N-dealkylation sites (tertiary alicyclic amines) is 1. The van der Waals surface area contributed by atoms with Crippen LogP contribution in [0.1, 0.15) is 33.6 Å². The molecular weight excluding hydrogens is 216 g/mol. The molecule has 1 aliphatic carbocycles. The standard InChI is InChI=1S/C13H24N2O2/c1-4-14(5-2)12(16)10(3)15-8-13(17,9-15)11-6-7-11/h10-11,17H,4-9H2,1-3H3. The highest BCUT2D eigenvalue weighted by atomic mass is 16.3. The third-order valence-electron chi connectivity index (χ3n) is 4.27. The van der Waals surface area contributed by atoms with Crippen LogP contribution in [0.4, 0.5) is 0 Å². The number of carbonyl (C=O) groups is 1. The fourth-order valence-corrected chi connectivity index (χ4v) is 2.77. The summed E-state index contributed by atoms with van der Waals surface area (Å²) in [5.74, 6) is 0.683. The Bertz CT molecular complexity index is 292.